The smallest absolute Gasteiger partial charge is 0.257 e. The quantitative estimate of drug-likeness (QED) is 0.882. The van der Waals surface area contributed by atoms with Crippen LogP contribution in [0.5, 0.6) is 0 Å². The van der Waals surface area contributed by atoms with Gasteiger partial charge in [-0.2, -0.15) is 4.98 Å². The summed E-state index contributed by atoms with van der Waals surface area (Å²) >= 11 is 5.97. The molecule has 1 amide bonds. The van der Waals surface area contributed by atoms with Crippen LogP contribution in [0.2, 0.25) is 5.02 Å². The molecular formula is C18H21ClFN5O. The molecular weight excluding hydrogens is 357 g/mol. The van der Waals surface area contributed by atoms with Crippen molar-refractivity contribution in [3.63, 3.8) is 0 Å². The first-order chi connectivity index (χ1) is 12.5. The molecule has 0 atom stereocenters. The van der Waals surface area contributed by atoms with Gasteiger partial charge in [-0.3, -0.25) is 4.79 Å². The zero-order chi connectivity index (χ0) is 18.7. The highest BCUT2D eigenvalue weighted by Gasteiger charge is 2.19. The van der Waals surface area contributed by atoms with Crippen molar-refractivity contribution >= 4 is 35.0 Å². The highest BCUT2D eigenvalue weighted by Crippen LogP contribution is 2.26. The van der Waals surface area contributed by atoms with Gasteiger partial charge in [-0.15, -0.1) is 0 Å². The molecule has 1 aliphatic rings. The first-order valence-electron chi connectivity index (χ1n) is 8.51. The van der Waals surface area contributed by atoms with Crippen molar-refractivity contribution < 1.29 is 9.18 Å². The number of hydrogen-bond donors (Lipinski definition) is 1. The van der Waals surface area contributed by atoms with E-state index in [1.165, 1.54) is 18.6 Å². The summed E-state index contributed by atoms with van der Waals surface area (Å²) in [6, 6.07) is 3.66. The van der Waals surface area contributed by atoms with Crippen LogP contribution in [0.25, 0.3) is 0 Å². The van der Waals surface area contributed by atoms with Crippen molar-refractivity contribution in [3.05, 3.63) is 40.8 Å². The van der Waals surface area contributed by atoms with Crippen LogP contribution in [0, 0.1) is 5.82 Å². The molecule has 0 saturated carbocycles. The van der Waals surface area contributed by atoms with E-state index in [9.17, 15) is 9.18 Å². The minimum absolute atomic E-state index is 0.0553. The molecule has 0 bridgehead atoms. The topological polar surface area (TPSA) is 61.4 Å². The number of nitrogens with one attached hydrogen (secondary N) is 1. The van der Waals surface area contributed by atoms with Gasteiger partial charge in [-0.25, -0.2) is 9.37 Å². The van der Waals surface area contributed by atoms with Crippen LogP contribution >= 0.6 is 11.6 Å². The number of piperidine rings is 1. The largest absolute Gasteiger partial charge is 0.361 e. The molecule has 0 aliphatic carbocycles. The predicted octanol–water partition coefficient (Wildman–Crippen LogP) is 3.58. The van der Waals surface area contributed by atoms with Gasteiger partial charge in [-0.1, -0.05) is 11.6 Å². The maximum Gasteiger partial charge on any atom is 0.257 e. The summed E-state index contributed by atoms with van der Waals surface area (Å²) in [5.74, 6) is 0.334. The zero-order valence-electron chi connectivity index (χ0n) is 14.8. The van der Waals surface area contributed by atoms with E-state index >= 15 is 0 Å². The Bertz CT molecular complexity index is 808. The molecule has 138 valence electrons. The summed E-state index contributed by atoms with van der Waals surface area (Å²) in [4.78, 5) is 25.5. The Morgan fingerprint density at radius 3 is 2.65 bits per heavy atom. The highest BCUT2D eigenvalue weighted by molar-refractivity contribution is 6.34. The van der Waals surface area contributed by atoms with Gasteiger partial charge < -0.3 is 15.1 Å². The van der Waals surface area contributed by atoms with Gasteiger partial charge in [0.05, 0.1) is 16.8 Å². The van der Waals surface area contributed by atoms with Crippen molar-refractivity contribution in [1.82, 2.24) is 9.97 Å². The standard InChI is InChI=1S/C18H21ClFN5O/c1-24(2)16-15(11-21-18(23-16)25-8-4-3-5-9-25)22-17(26)13-7-6-12(20)10-14(13)19/h6-7,10-11H,3-5,8-9H2,1-2H3,(H,22,26). The van der Waals surface area contributed by atoms with E-state index in [1.807, 2.05) is 19.0 Å². The summed E-state index contributed by atoms with van der Waals surface area (Å²) in [6.45, 7) is 1.87. The number of benzene rings is 1. The lowest BCUT2D eigenvalue weighted by atomic mass is 10.1. The minimum Gasteiger partial charge on any atom is -0.361 e. The van der Waals surface area contributed by atoms with Crippen molar-refractivity contribution in [2.75, 3.05) is 42.3 Å². The Hall–Kier alpha value is -2.41. The van der Waals surface area contributed by atoms with Crippen molar-refractivity contribution in [1.29, 1.82) is 0 Å². The van der Waals surface area contributed by atoms with Crippen LogP contribution in [0.4, 0.5) is 21.8 Å². The molecule has 2 heterocycles. The number of carbonyl (C=O) groups is 1. The van der Waals surface area contributed by atoms with E-state index in [0.717, 1.165) is 32.0 Å². The Labute approximate surface area is 157 Å². The zero-order valence-corrected chi connectivity index (χ0v) is 15.6. The van der Waals surface area contributed by atoms with Crippen LogP contribution in [0.3, 0.4) is 0 Å². The Balaban J connectivity index is 1.85. The van der Waals surface area contributed by atoms with Gasteiger partial charge in [0.15, 0.2) is 5.82 Å². The molecule has 0 radical (unpaired) electrons. The second-order valence-corrected chi connectivity index (χ2v) is 6.83. The fourth-order valence-electron chi connectivity index (χ4n) is 2.90. The maximum absolute atomic E-state index is 13.2. The third kappa shape index (κ3) is 4.04. The molecule has 26 heavy (non-hydrogen) atoms. The number of aromatic nitrogens is 2. The molecule has 8 heteroatoms. The lowest BCUT2D eigenvalue weighted by molar-refractivity contribution is 0.102. The van der Waals surface area contributed by atoms with Crippen LogP contribution in [-0.2, 0) is 0 Å². The summed E-state index contributed by atoms with van der Waals surface area (Å²) < 4.78 is 13.2. The summed E-state index contributed by atoms with van der Waals surface area (Å²) in [6.07, 6.45) is 5.08. The number of carbonyl (C=O) groups excluding carboxylic acids is 1. The summed E-state index contributed by atoms with van der Waals surface area (Å²) in [5.41, 5.74) is 0.666. The van der Waals surface area contributed by atoms with Gasteiger partial charge in [0.2, 0.25) is 5.95 Å². The molecule has 2 aromatic rings. The summed E-state index contributed by atoms with van der Waals surface area (Å²) in [7, 11) is 3.70. The van der Waals surface area contributed by atoms with Crippen molar-refractivity contribution in [2.24, 2.45) is 0 Å². The van der Waals surface area contributed by atoms with E-state index < -0.39 is 11.7 Å². The molecule has 1 aromatic carbocycles. The van der Waals surface area contributed by atoms with E-state index in [4.69, 9.17) is 11.6 Å². The number of hydrogen-bond acceptors (Lipinski definition) is 5. The number of rotatable bonds is 4. The first kappa shape index (κ1) is 18.4. The number of halogens is 2. The van der Waals surface area contributed by atoms with Crippen molar-refractivity contribution in [3.8, 4) is 0 Å². The molecule has 0 spiro atoms. The van der Waals surface area contributed by atoms with E-state index in [-0.39, 0.29) is 10.6 Å². The van der Waals surface area contributed by atoms with E-state index in [1.54, 1.807) is 6.20 Å². The van der Waals surface area contributed by atoms with Crippen LogP contribution in [-0.4, -0.2) is 43.1 Å². The Morgan fingerprint density at radius 1 is 1.27 bits per heavy atom. The molecule has 0 unspecified atom stereocenters. The Morgan fingerprint density at radius 2 is 2.00 bits per heavy atom. The molecule has 1 aromatic heterocycles. The van der Waals surface area contributed by atoms with Gasteiger partial charge >= 0.3 is 0 Å². The fraction of sp³-hybridized carbons (Fsp3) is 0.389. The average Bonchev–Trinajstić information content (AvgIpc) is 2.62. The van der Waals surface area contributed by atoms with Crippen molar-refractivity contribution in [2.45, 2.75) is 19.3 Å². The minimum atomic E-state index is -0.491. The third-order valence-electron chi connectivity index (χ3n) is 4.24. The normalized spacial score (nSPS) is 14.2. The van der Waals surface area contributed by atoms with Gasteiger partial charge in [0.1, 0.15) is 11.5 Å². The lowest BCUT2D eigenvalue weighted by Crippen LogP contribution is -2.31. The monoisotopic (exact) mass is 377 g/mol. The molecule has 1 aliphatic heterocycles. The SMILES string of the molecule is CN(C)c1nc(N2CCCCC2)ncc1NC(=O)c1ccc(F)cc1Cl. The van der Waals surface area contributed by atoms with Gasteiger partial charge in [-0.05, 0) is 37.5 Å². The number of amides is 1. The van der Waals surface area contributed by atoms with Gasteiger partial charge in [0, 0.05) is 27.2 Å². The average molecular weight is 378 g/mol. The molecule has 3 rings (SSSR count). The lowest BCUT2D eigenvalue weighted by Gasteiger charge is -2.28. The number of nitrogens with zero attached hydrogens (tertiary/aromatic N) is 4. The van der Waals surface area contributed by atoms with Crippen LogP contribution < -0.4 is 15.1 Å². The second-order valence-electron chi connectivity index (χ2n) is 6.43. The van der Waals surface area contributed by atoms with Crippen LogP contribution in [0.1, 0.15) is 29.6 Å². The van der Waals surface area contributed by atoms with Crippen LogP contribution in [0.15, 0.2) is 24.4 Å². The first-order valence-corrected chi connectivity index (χ1v) is 8.89. The third-order valence-corrected chi connectivity index (χ3v) is 4.56. The van der Waals surface area contributed by atoms with E-state index in [2.05, 4.69) is 20.2 Å². The predicted molar refractivity (Wildman–Crippen MR) is 102 cm³/mol. The molecule has 1 N–H and O–H groups in total. The second kappa shape index (κ2) is 7.86. The molecule has 6 nitrogen and oxygen atoms in total. The summed E-state index contributed by atoms with van der Waals surface area (Å²) in [5, 5.41) is 2.82. The maximum atomic E-state index is 13.2. The highest BCUT2D eigenvalue weighted by atomic mass is 35.5. The molecule has 1 saturated heterocycles. The van der Waals surface area contributed by atoms with E-state index in [0.29, 0.717) is 17.5 Å². The fourth-order valence-corrected chi connectivity index (χ4v) is 3.16. The number of anilines is 3. The Kier molecular flexibility index (Phi) is 5.56. The van der Waals surface area contributed by atoms with Gasteiger partial charge in [0.25, 0.3) is 5.91 Å². The molecule has 1 fully saturated rings.